The smallest absolute Gasteiger partial charge is 0.239 e. The third-order valence-electron chi connectivity index (χ3n) is 6.00. The molecule has 0 saturated carbocycles. The zero-order valence-electron chi connectivity index (χ0n) is 16.5. The summed E-state index contributed by atoms with van der Waals surface area (Å²) >= 11 is 0. The molecule has 2 aromatic carbocycles. The molecule has 3 aliphatic rings. The molecule has 1 saturated heterocycles. The topological polar surface area (TPSA) is 56.8 Å². The van der Waals surface area contributed by atoms with Crippen LogP contribution in [0.15, 0.2) is 42.5 Å². The second-order valence-electron chi connectivity index (χ2n) is 9.19. The van der Waals surface area contributed by atoms with Crippen molar-refractivity contribution < 1.29 is 19.0 Å². The number of anilines is 1. The van der Waals surface area contributed by atoms with Gasteiger partial charge in [0.2, 0.25) is 5.91 Å². The third kappa shape index (κ3) is 2.53. The predicted molar refractivity (Wildman–Crippen MR) is 106 cm³/mol. The van der Waals surface area contributed by atoms with Gasteiger partial charge in [0.1, 0.15) is 22.5 Å². The van der Waals surface area contributed by atoms with E-state index in [0.29, 0.717) is 13.0 Å². The molecular formula is C23H25NO4. The van der Waals surface area contributed by atoms with Crippen LogP contribution < -0.4 is 14.8 Å². The average molecular weight is 379 g/mol. The molecule has 1 unspecified atom stereocenters. The molecule has 2 aromatic rings. The summed E-state index contributed by atoms with van der Waals surface area (Å²) in [4.78, 5) is 13.2. The highest BCUT2D eigenvalue weighted by Crippen LogP contribution is 2.54. The molecule has 1 spiro atoms. The van der Waals surface area contributed by atoms with Gasteiger partial charge in [-0.25, -0.2) is 0 Å². The summed E-state index contributed by atoms with van der Waals surface area (Å²) in [7, 11) is 0. The normalized spacial score (nSPS) is 25.9. The van der Waals surface area contributed by atoms with Crippen molar-refractivity contribution in [1.82, 2.24) is 0 Å². The van der Waals surface area contributed by atoms with Crippen molar-refractivity contribution in [1.29, 1.82) is 0 Å². The van der Waals surface area contributed by atoms with Crippen molar-refractivity contribution in [2.75, 3.05) is 25.1 Å². The van der Waals surface area contributed by atoms with Crippen molar-refractivity contribution in [2.45, 2.75) is 38.2 Å². The molecule has 3 heterocycles. The molecule has 1 atom stereocenters. The molecule has 5 nitrogen and oxygen atoms in total. The molecule has 0 aliphatic carbocycles. The largest absolute Gasteiger partial charge is 0.493 e. The molecule has 1 N–H and O–H groups in total. The van der Waals surface area contributed by atoms with Crippen LogP contribution in [0.5, 0.6) is 11.5 Å². The molecule has 0 bridgehead atoms. The van der Waals surface area contributed by atoms with Gasteiger partial charge in [0.15, 0.2) is 0 Å². The van der Waals surface area contributed by atoms with Gasteiger partial charge in [-0.3, -0.25) is 4.79 Å². The SMILES string of the molecule is CC1(COc2ccc3c(c2)OC(C)(C)CC32C(=O)Nc3ccccc32)COC1. The van der Waals surface area contributed by atoms with Crippen LogP contribution in [-0.4, -0.2) is 31.3 Å². The highest BCUT2D eigenvalue weighted by atomic mass is 16.5. The van der Waals surface area contributed by atoms with Crippen molar-refractivity contribution in [3.05, 3.63) is 53.6 Å². The molecule has 0 radical (unpaired) electrons. The van der Waals surface area contributed by atoms with E-state index in [-0.39, 0.29) is 11.3 Å². The van der Waals surface area contributed by atoms with Crippen LogP contribution in [0.4, 0.5) is 5.69 Å². The van der Waals surface area contributed by atoms with E-state index in [4.69, 9.17) is 14.2 Å². The Labute approximate surface area is 165 Å². The zero-order chi connectivity index (χ0) is 19.6. The van der Waals surface area contributed by atoms with Gasteiger partial charge in [0, 0.05) is 29.2 Å². The molecule has 3 aliphatic heterocycles. The van der Waals surface area contributed by atoms with Gasteiger partial charge in [-0.05, 0) is 31.5 Å². The molecular weight excluding hydrogens is 354 g/mol. The number of nitrogens with one attached hydrogen (secondary N) is 1. The Balaban J connectivity index is 1.57. The number of amides is 1. The highest BCUT2D eigenvalue weighted by molar-refractivity contribution is 6.09. The summed E-state index contributed by atoms with van der Waals surface area (Å²) in [5.74, 6) is 1.49. The number of hydrogen-bond acceptors (Lipinski definition) is 4. The fourth-order valence-electron chi connectivity index (χ4n) is 4.65. The van der Waals surface area contributed by atoms with Crippen LogP contribution in [0.25, 0.3) is 0 Å². The van der Waals surface area contributed by atoms with Crippen LogP contribution in [0.2, 0.25) is 0 Å². The Kier molecular flexibility index (Phi) is 3.60. The lowest BCUT2D eigenvalue weighted by Gasteiger charge is -2.43. The Bertz CT molecular complexity index is 963. The first-order valence-electron chi connectivity index (χ1n) is 9.77. The van der Waals surface area contributed by atoms with Crippen molar-refractivity contribution in [2.24, 2.45) is 5.41 Å². The minimum atomic E-state index is -0.736. The Hall–Kier alpha value is -2.53. The number of fused-ring (bicyclic) bond motifs is 4. The minimum absolute atomic E-state index is 0.0131. The van der Waals surface area contributed by atoms with E-state index in [1.54, 1.807) is 0 Å². The van der Waals surface area contributed by atoms with E-state index >= 15 is 0 Å². The second kappa shape index (κ2) is 5.74. The van der Waals surface area contributed by atoms with E-state index in [9.17, 15) is 4.79 Å². The van der Waals surface area contributed by atoms with E-state index in [1.807, 2.05) is 56.3 Å². The maximum Gasteiger partial charge on any atom is 0.239 e. The van der Waals surface area contributed by atoms with Crippen LogP contribution in [0.3, 0.4) is 0 Å². The van der Waals surface area contributed by atoms with Gasteiger partial charge in [0.05, 0.1) is 19.8 Å². The molecule has 5 rings (SSSR count). The van der Waals surface area contributed by atoms with Gasteiger partial charge in [-0.15, -0.1) is 0 Å². The van der Waals surface area contributed by atoms with Crippen LogP contribution in [0.1, 0.15) is 38.3 Å². The number of rotatable bonds is 3. The number of ether oxygens (including phenoxy) is 3. The van der Waals surface area contributed by atoms with E-state index < -0.39 is 11.0 Å². The molecule has 1 fully saturated rings. The summed E-state index contributed by atoms with van der Waals surface area (Å²) < 4.78 is 17.6. The van der Waals surface area contributed by atoms with Crippen LogP contribution >= 0.6 is 0 Å². The fourth-order valence-corrected chi connectivity index (χ4v) is 4.65. The molecule has 0 aromatic heterocycles. The minimum Gasteiger partial charge on any atom is -0.493 e. The summed E-state index contributed by atoms with van der Waals surface area (Å²) in [6, 6.07) is 13.8. The molecule has 1 amide bonds. The summed E-state index contributed by atoms with van der Waals surface area (Å²) in [5, 5.41) is 3.07. The van der Waals surface area contributed by atoms with Crippen LogP contribution in [0, 0.1) is 5.41 Å². The van der Waals surface area contributed by atoms with E-state index in [2.05, 4.69) is 12.2 Å². The Morgan fingerprint density at radius 1 is 1.07 bits per heavy atom. The summed E-state index contributed by atoms with van der Waals surface area (Å²) in [6.07, 6.45) is 0.589. The number of benzene rings is 2. The average Bonchev–Trinajstić information content (AvgIpc) is 2.89. The maximum atomic E-state index is 13.2. The molecule has 5 heteroatoms. The molecule has 28 heavy (non-hydrogen) atoms. The van der Waals surface area contributed by atoms with Gasteiger partial charge in [-0.1, -0.05) is 31.2 Å². The predicted octanol–water partition coefficient (Wildman–Crippen LogP) is 3.90. The van der Waals surface area contributed by atoms with Crippen LogP contribution in [-0.2, 0) is 14.9 Å². The summed E-state index contributed by atoms with van der Waals surface area (Å²) in [6.45, 7) is 8.27. The maximum absolute atomic E-state index is 13.2. The van der Waals surface area contributed by atoms with Gasteiger partial charge < -0.3 is 19.5 Å². The number of carbonyl (C=O) groups excluding carboxylic acids is 1. The molecule has 146 valence electrons. The van der Waals surface area contributed by atoms with Crippen molar-refractivity contribution in [3.8, 4) is 11.5 Å². The highest BCUT2D eigenvalue weighted by Gasteiger charge is 2.55. The Morgan fingerprint density at radius 2 is 1.86 bits per heavy atom. The number of hydrogen-bond donors (Lipinski definition) is 1. The van der Waals surface area contributed by atoms with Gasteiger partial charge in [0.25, 0.3) is 0 Å². The van der Waals surface area contributed by atoms with E-state index in [1.165, 1.54) is 0 Å². The van der Waals surface area contributed by atoms with Crippen molar-refractivity contribution in [3.63, 3.8) is 0 Å². The van der Waals surface area contributed by atoms with Gasteiger partial charge >= 0.3 is 0 Å². The van der Waals surface area contributed by atoms with E-state index in [0.717, 1.165) is 41.5 Å². The van der Waals surface area contributed by atoms with Crippen molar-refractivity contribution >= 4 is 11.6 Å². The lowest BCUT2D eigenvalue weighted by atomic mass is 9.67. The fraction of sp³-hybridized carbons (Fsp3) is 0.435. The lowest BCUT2D eigenvalue weighted by molar-refractivity contribution is -0.122. The first-order valence-corrected chi connectivity index (χ1v) is 9.77. The third-order valence-corrected chi connectivity index (χ3v) is 6.00. The standard InChI is InChI=1S/C23H25NO4/c1-21(2)11-23(16-6-4-5-7-18(16)24-20(23)25)17-9-8-15(10-19(17)28-21)27-14-22(3)12-26-13-22/h4-10H,11-14H2,1-3H3,(H,24,25). The first-order chi connectivity index (χ1) is 13.3. The second-order valence-corrected chi connectivity index (χ2v) is 9.19. The Morgan fingerprint density at radius 3 is 2.61 bits per heavy atom. The quantitative estimate of drug-likeness (QED) is 0.879. The number of carbonyl (C=O) groups is 1. The monoisotopic (exact) mass is 379 g/mol. The first kappa shape index (κ1) is 17.6. The van der Waals surface area contributed by atoms with Gasteiger partial charge in [-0.2, -0.15) is 0 Å². The zero-order valence-corrected chi connectivity index (χ0v) is 16.5. The summed E-state index contributed by atoms with van der Waals surface area (Å²) in [5.41, 5.74) is 1.66. The number of para-hydroxylation sites is 1. The lowest BCUT2D eigenvalue weighted by Crippen LogP contribution is -2.48.